The molecule has 1 unspecified atom stereocenters. The molecule has 1 amide bonds. The largest absolute Gasteiger partial charge is 0.508 e. The normalized spacial score (nSPS) is 16.4. The van der Waals surface area contributed by atoms with Crippen molar-refractivity contribution >= 4 is 28.1 Å². The predicted molar refractivity (Wildman–Crippen MR) is 147 cm³/mol. The van der Waals surface area contributed by atoms with E-state index in [2.05, 4.69) is 20.3 Å². The lowest BCUT2D eigenvalue weighted by Crippen LogP contribution is -2.53. The van der Waals surface area contributed by atoms with Crippen LogP contribution >= 0.6 is 0 Å². The summed E-state index contributed by atoms with van der Waals surface area (Å²) in [5.41, 5.74) is 2.44. The second kappa shape index (κ2) is 11.1. The summed E-state index contributed by atoms with van der Waals surface area (Å²) in [6.07, 6.45) is 4.05. The van der Waals surface area contributed by atoms with Crippen LogP contribution in [0, 0.1) is 5.92 Å². The number of nitrogens with zero attached hydrogens (tertiary/aromatic N) is 6. The van der Waals surface area contributed by atoms with E-state index in [0.717, 1.165) is 4.31 Å². The summed E-state index contributed by atoms with van der Waals surface area (Å²) >= 11 is 0. The van der Waals surface area contributed by atoms with E-state index in [1.165, 1.54) is 10.6 Å². The van der Waals surface area contributed by atoms with Gasteiger partial charge in [0.25, 0.3) is 0 Å². The monoisotopic (exact) mass is 569 g/mol. The van der Waals surface area contributed by atoms with Crippen LogP contribution in [-0.4, -0.2) is 79.9 Å². The lowest BCUT2D eigenvalue weighted by molar-refractivity contribution is 0.0635. The number of anilines is 1. The van der Waals surface area contributed by atoms with Crippen LogP contribution < -0.4 is 5.32 Å². The summed E-state index contributed by atoms with van der Waals surface area (Å²) in [7, 11) is -4.02. The molecule has 0 bridgehead atoms. The van der Waals surface area contributed by atoms with Gasteiger partial charge in [0.15, 0.2) is 0 Å². The zero-order chi connectivity index (χ0) is 28.4. The van der Waals surface area contributed by atoms with Gasteiger partial charge in [-0.05, 0) is 37.5 Å². The Morgan fingerprint density at radius 2 is 2.02 bits per heavy atom. The Morgan fingerprint density at radius 1 is 1.20 bits per heavy atom. The molecule has 0 spiro atoms. The highest BCUT2D eigenvalue weighted by atomic mass is 32.2. The van der Waals surface area contributed by atoms with Crippen molar-refractivity contribution in [3.05, 3.63) is 49.0 Å². The molecule has 13 nitrogen and oxygen atoms in total. The smallest absolute Gasteiger partial charge is 0.424 e. The molecule has 1 fully saturated rings. The maximum absolute atomic E-state index is 13.1. The number of ether oxygens (including phenoxy) is 1. The first-order valence-corrected chi connectivity index (χ1v) is 14.4. The van der Waals surface area contributed by atoms with Crippen LogP contribution in [0.25, 0.3) is 28.5 Å². The number of imidazole rings is 1. The van der Waals surface area contributed by atoms with E-state index in [9.17, 15) is 18.3 Å². The predicted octanol–water partition coefficient (Wildman–Crippen LogP) is 3.60. The van der Waals surface area contributed by atoms with Gasteiger partial charge in [-0.15, -0.1) is 0 Å². The van der Waals surface area contributed by atoms with Crippen LogP contribution in [0.2, 0.25) is 0 Å². The molecular formula is C26H31N7O6S. The lowest BCUT2D eigenvalue weighted by Gasteiger charge is -2.34. The van der Waals surface area contributed by atoms with E-state index in [-0.39, 0.29) is 43.8 Å². The molecule has 2 N–H and O–H groups in total. The number of phenolic OH excluding ortho intramolecular Hbond substituents is 1. The van der Waals surface area contributed by atoms with Crippen LogP contribution in [0.4, 0.5) is 10.7 Å². The van der Waals surface area contributed by atoms with Gasteiger partial charge in [-0.25, -0.2) is 14.8 Å². The van der Waals surface area contributed by atoms with Crippen molar-refractivity contribution in [3.8, 4) is 28.4 Å². The lowest BCUT2D eigenvalue weighted by atomic mass is 10.1. The molecule has 212 valence electrons. The maximum Gasteiger partial charge on any atom is 0.424 e. The third-order valence-electron chi connectivity index (χ3n) is 6.73. The fourth-order valence-corrected chi connectivity index (χ4v) is 5.83. The summed E-state index contributed by atoms with van der Waals surface area (Å²) < 4.78 is 40.8. The van der Waals surface area contributed by atoms with Crippen LogP contribution in [0.1, 0.15) is 27.2 Å². The minimum absolute atomic E-state index is 0.0654. The summed E-state index contributed by atoms with van der Waals surface area (Å²) in [4.78, 5) is 26.0. The highest BCUT2D eigenvalue weighted by Crippen LogP contribution is 2.33. The standard InChI is InChI=1S/C26H31N7O6S/c1-17(2)18(3)39-26(35)33-12-5-11-31(40(33,36)37)13-10-28-24-27-9-8-21(29-24)23-22(19-6-4-7-20(34)16-19)30-25-32(23)14-15-38-25/h4,6-9,14-18,34H,5,10-13H2,1-3H3,(H,27,28,29). The molecule has 3 aromatic heterocycles. The van der Waals surface area contributed by atoms with Gasteiger partial charge >= 0.3 is 22.1 Å². The second-order valence-electron chi connectivity index (χ2n) is 9.77. The minimum atomic E-state index is -4.02. The van der Waals surface area contributed by atoms with Gasteiger partial charge in [-0.2, -0.15) is 22.0 Å². The van der Waals surface area contributed by atoms with Gasteiger partial charge in [-0.3, -0.25) is 4.40 Å². The molecule has 1 aliphatic rings. The molecule has 40 heavy (non-hydrogen) atoms. The molecule has 0 aliphatic carbocycles. The van der Waals surface area contributed by atoms with E-state index >= 15 is 0 Å². The van der Waals surface area contributed by atoms with Gasteiger partial charge in [0, 0.05) is 44.1 Å². The number of fused-ring (bicyclic) bond motifs is 1. The molecule has 1 aromatic carbocycles. The maximum atomic E-state index is 13.1. The SMILES string of the molecule is CC(C)C(C)OC(=O)N1CCCN(CCNc2nccc(-c3c(-c4cccc(O)c4)nc4occn34)n2)S1(=O)=O. The van der Waals surface area contributed by atoms with Crippen molar-refractivity contribution in [1.82, 2.24) is 28.0 Å². The van der Waals surface area contributed by atoms with Crippen molar-refractivity contribution in [2.24, 2.45) is 5.92 Å². The number of hydrogen-bond donors (Lipinski definition) is 2. The number of aromatic nitrogens is 4. The average molecular weight is 570 g/mol. The number of carbonyl (C=O) groups is 1. The highest BCUT2D eigenvalue weighted by Gasteiger charge is 2.38. The third-order valence-corrected chi connectivity index (χ3v) is 8.63. The topological polar surface area (TPSA) is 155 Å². The number of oxazole rings is 1. The van der Waals surface area contributed by atoms with E-state index < -0.39 is 22.4 Å². The van der Waals surface area contributed by atoms with Crippen molar-refractivity contribution in [2.75, 3.05) is 31.5 Å². The van der Waals surface area contributed by atoms with Crippen molar-refractivity contribution in [3.63, 3.8) is 0 Å². The first-order valence-electron chi connectivity index (χ1n) is 13.0. The molecule has 4 aromatic rings. The number of aromatic hydroxyl groups is 1. The molecule has 1 atom stereocenters. The summed E-state index contributed by atoms with van der Waals surface area (Å²) in [6.45, 7) is 6.22. The first-order chi connectivity index (χ1) is 19.1. The Balaban J connectivity index is 1.31. The van der Waals surface area contributed by atoms with E-state index in [1.54, 1.807) is 48.0 Å². The molecular weight excluding hydrogens is 538 g/mol. The molecule has 14 heteroatoms. The zero-order valence-electron chi connectivity index (χ0n) is 22.4. The number of amides is 1. The van der Waals surface area contributed by atoms with Gasteiger partial charge in [0.2, 0.25) is 5.95 Å². The van der Waals surface area contributed by atoms with Gasteiger partial charge in [0.05, 0.1) is 5.69 Å². The van der Waals surface area contributed by atoms with Crippen molar-refractivity contribution in [2.45, 2.75) is 33.3 Å². The fraction of sp³-hybridized carbons (Fsp3) is 0.385. The third kappa shape index (κ3) is 5.45. The van der Waals surface area contributed by atoms with E-state index in [4.69, 9.17) is 9.15 Å². The number of phenols is 1. The molecule has 1 saturated heterocycles. The Morgan fingerprint density at radius 3 is 2.80 bits per heavy atom. The Hall–Kier alpha value is -4.17. The molecule has 1 aliphatic heterocycles. The van der Waals surface area contributed by atoms with Gasteiger partial charge in [-0.1, -0.05) is 26.0 Å². The summed E-state index contributed by atoms with van der Waals surface area (Å²) in [5.74, 6) is 0.819. The van der Waals surface area contributed by atoms with Crippen LogP contribution in [0.5, 0.6) is 5.75 Å². The van der Waals surface area contributed by atoms with E-state index in [0.29, 0.717) is 34.9 Å². The number of hydrogen-bond acceptors (Lipinski definition) is 10. The number of rotatable bonds is 8. The zero-order valence-corrected chi connectivity index (χ0v) is 23.2. The second-order valence-corrected chi connectivity index (χ2v) is 11.6. The van der Waals surface area contributed by atoms with Crippen LogP contribution in [0.3, 0.4) is 0 Å². The number of nitrogens with one attached hydrogen (secondary N) is 1. The number of benzene rings is 1. The Kier molecular flexibility index (Phi) is 7.63. The van der Waals surface area contributed by atoms with E-state index in [1.807, 2.05) is 19.9 Å². The molecule has 4 heterocycles. The first kappa shape index (κ1) is 27.4. The molecule has 5 rings (SSSR count). The Labute approximate surface area is 231 Å². The summed E-state index contributed by atoms with van der Waals surface area (Å²) in [5, 5.41) is 13.1. The fourth-order valence-electron chi connectivity index (χ4n) is 4.28. The Bertz CT molecular complexity index is 1620. The average Bonchev–Trinajstić information content (AvgIpc) is 3.51. The van der Waals surface area contributed by atoms with Gasteiger partial charge < -0.3 is 19.6 Å². The quantitative estimate of drug-likeness (QED) is 0.321. The van der Waals surface area contributed by atoms with Crippen LogP contribution in [-0.2, 0) is 14.9 Å². The molecule has 0 radical (unpaired) electrons. The van der Waals surface area contributed by atoms with Crippen molar-refractivity contribution in [1.29, 1.82) is 0 Å². The number of carbonyl (C=O) groups excluding carboxylic acids is 1. The van der Waals surface area contributed by atoms with Crippen molar-refractivity contribution < 1.29 is 27.5 Å². The van der Waals surface area contributed by atoms with Gasteiger partial charge in [0.1, 0.15) is 29.5 Å². The minimum Gasteiger partial charge on any atom is -0.508 e. The van der Waals surface area contributed by atoms with Crippen LogP contribution in [0.15, 0.2) is 53.4 Å². The summed E-state index contributed by atoms with van der Waals surface area (Å²) in [6, 6.07) is 8.46. The highest BCUT2D eigenvalue weighted by molar-refractivity contribution is 7.87. The molecule has 0 saturated carbocycles.